The van der Waals surface area contributed by atoms with Crippen molar-refractivity contribution in [3.63, 3.8) is 0 Å². The van der Waals surface area contributed by atoms with Gasteiger partial charge in [0.1, 0.15) is 0 Å². The summed E-state index contributed by atoms with van der Waals surface area (Å²) in [5.74, 6) is 4.85. The lowest BCUT2D eigenvalue weighted by molar-refractivity contribution is 0.353. The summed E-state index contributed by atoms with van der Waals surface area (Å²) >= 11 is 2.06. The van der Waals surface area contributed by atoms with Crippen molar-refractivity contribution < 1.29 is 9.47 Å². The smallest absolute Gasteiger partial charge is 0.161 e. The topological polar surface area (TPSA) is 44.5 Å². The van der Waals surface area contributed by atoms with Gasteiger partial charge in [-0.1, -0.05) is 6.07 Å². The van der Waals surface area contributed by atoms with Gasteiger partial charge in [0.25, 0.3) is 0 Å². The van der Waals surface area contributed by atoms with Gasteiger partial charge in [-0.05, 0) is 54.4 Å². The molecule has 1 aromatic carbocycles. The van der Waals surface area contributed by atoms with Gasteiger partial charge in [-0.3, -0.25) is 0 Å². The molecule has 1 atom stereocenters. The van der Waals surface area contributed by atoms with Crippen molar-refractivity contribution in [2.24, 2.45) is 11.7 Å². The van der Waals surface area contributed by atoms with Crippen LogP contribution >= 0.6 is 11.8 Å². The quantitative estimate of drug-likeness (QED) is 0.900. The predicted molar refractivity (Wildman–Crippen MR) is 81.1 cm³/mol. The molecular formula is C15H23NO2S. The average molecular weight is 281 g/mol. The monoisotopic (exact) mass is 281 g/mol. The van der Waals surface area contributed by atoms with Crippen LogP contribution in [0.1, 0.15) is 30.9 Å². The van der Waals surface area contributed by atoms with Gasteiger partial charge in [-0.15, -0.1) is 0 Å². The molecule has 0 aliphatic carbocycles. The Kier molecular flexibility index (Phi) is 5.40. The van der Waals surface area contributed by atoms with E-state index in [0.717, 1.165) is 29.4 Å². The zero-order valence-corrected chi connectivity index (χ0v) is 12.5. The van der Waals surface area contributed by atoms with Crippen molar-refractivity contribution in [3.8, 4) is 11.5 Å². The number of hydrogen-bond donors (Lipinski definition) is 1. The predicted octanol–water partition coefficient (Wildman–Crippen LogP) is 3.24. The van der Waals surface area contributed by atoms with Crippen LogP contribution in [0.15, 0.2) is 18.2 Å². The number of hydrogen-bond acceptors (Lipinski definition) is 4. The number of nitrogens with two attached hydrogens (primary N) is 1. The maximum atomic E-state index is 6.34. The van der Waals surface area contributed by atoms with Gasteiger partial charge in [0.05, 0.1) is 14.2 Å². The van der Waals surface area contributed by atoms with E-state index in [4.69, 9.17) is 15.2 Å². The van der Waals surface area contributed by atoms with Crippen LogP contribution in [0, 0.1) is 5.92 Å². The van der Waals surface area contributed by atoms with E-state index in [-0.39, 0.29) is 6.04 Å². The minimum Gasteiger partial charge on any atom is -0.493 e. The van der Waals surface area contributed by atoms with Gasteiger partial charge in [0, 0.05) is 6.04 Å². The highest BCUT2D eigenvalue weighted by atomic mass is 32.2. The largest absolute Gasteiger partial charge is 0.493 e. The van der Waals surface area contributed by atoms with E-state index in [1.807, 2.05) is 18.2 Å². The molecule has 1 fully saturated rings. The standard InChI is InChI=1S/C15H23NO2S/c1-17-14-4-3-12(10-15(14)18-2)13(16)9-11-5-7-19-8-6-11/h3-4,10-11,13H,5-9,16H2,1-2H3. The van der Waals surface area contributed by atoms with Crippen molar-refractivity contribution in [2.45, 2.75) is 25.3 Å². The van der Waals surface area contributed by atoms with Crippen LogP contribution in [0.3, 0.4) is 0 Å². The summed E-state index contributed by atoms with van der Waals surface area (Å²) in [4.78, 5) is 0. The minimum absolute atomic E-state index is 0.0907. The number of ether oxygens (including phenoxy) is 2. The molecule has 0 amide bonds. The SMILES string of the molecule is COc1ccc(C(N)CC2CCSCC2)cc1OC. The van der Waals surface area contributed by atoms with Crippen LogP contribution < -0.4 is 15.2 Å². The number of thioether (sulfide) groups is 1. The van der Waals surface area contributed by atoms with E-state index >= 15 is 0 Å². The molecule has 1 aromatic rings. The molecule has 3 nitrogen and oxygen atoms in total. The Morgan fingerprint density at radius 1 is 1.21 bits per heavy atom. The second kappa shape index (κ2) is 7.06. The third-order valence-corrected chi connectivity index (χ3v) is 4.81. The Balaban J connectivity index is 2.03. The number of methoxy groups -OCH3 is 2. The van der Waals surface area contributed by atoms with Crippen molar-refractivity contribution >= 4 is 11.8 Å². The molecule has 1 aliphatic rings. The van der Waals surface area contributed by atoms with Crippen LogP contribution in [-0.4, -0.2) is 25.7 Å². The third-order valence-electron chi connectivity index (χ3n) is 3.76. The first-order valence-corrected chi connectivity index (χ1v) is 7.95. The van der Waals surface area contributed by atoms with Crippen LogP contribution in [-0.2, 0) is 0 Å². The molecule has 19 heavy (non-hydrogen) atoms. The van der Waals surface area contributed by atoms with E-state index in [0.29, 0.717) is 0 Å². The molecule has 0 radical (unpaired) electrons. The van der Waals surface area contributed by atoms with Gasteiger partial charge in [0.2, 0.25) is 0 Å². The van der Waals surface area contributed by atoms with Crippen LogP contribution in [0.5, 0.6) is 11.5 Å². The first-order chi connectivity index (χ1) is 9.24. The molecule has 1 aliphatic heterocycles. The van der Waals surface area contributed by atoms with E-state index in [9.17, 15) is 0 Å². The summed E-state index contributed by atoms with van der Waals surface area (Å²) in [6.07, 6.45) is 3.66. The highest BCUT2D eigenvalue weighted by Gasteiger charge is 2.19. The van der Waals surface area contributed by atoms with Crippen molar-refractivity contribution in [1.29, 1.82) is 0 Å². The maximum Gasteiger partial charge on any atom is 0.161 e. The lowest BCUT2D eigenvalue weighted by atomic mass is 9.91. The van der Waals surface area contributed by atoms with E-state index in [1.54, 1.807) is 14.2 Å². The number of rotatable bonds is 5. The highest BCUT2D eigenvalue weighted by molar-refractivity contribution is 7.99. The lowest BCUT2D eigenvalue weighted by Gasteiger charge is -2.24. The Morgan fingerprint density at radius 2 is 1.89 bits per heavy atom. The fourth-order valence-electron chi connectivity index (χ4n) is 2.56. The Hall–Kier alpha value is -0.870. The molecule has 2 N–H and O–H groups in total. The summed E-state index contributed by atoms with van der Waals surface area (Å²) in [7, 11) is 3.31. The third kappa shape index (κ3) is 3.80. The normalized spacial score (nSPS) is 18.1. The van der Waals surface area contributed by atoms with Crippen LogP contribution in [0.2, 0.25) is 0 Å². The molecule has 0 spiro atoms. The average Bonchev–Trinajstić information content (AvgIpc) is 2.47. The van der Waals surface area contributed by atoms with Crippen molar-refractivity contribution in [3.05, 3.63) is 23.8 Å². The molecule has 0 bridgehead atoms. The maximum absolute atomic E-state index is 6.34. The van der Waals surface area contributed by atoms with Crippen molar-refractivity contribution in [1.82, 2.24) is 0 Å². The molecule has 1 heterocycles. The van der Waals surface area contributed by atoms with Crippen LogP contribution in [0.25, 0.3) is 0 Å². The summed E-state index contributed by atoms with van der Waals surface area (Å²) < 4.78 is 10.6. The Labute approximate surface area is 119 Å². The van der Waals surface area contributed by atoms with Gasteiger partial charge in [-0.2, -0.15) is 11.8 Å². The van der Waals surface area contributed by atoms with Gasteiger partial charge in [0.15, 0.2) is 11.5 Å². The summed E-state index contributed by atoms with van der Waals surface area (Å²) in [5.41, 5.74) is 7.47. The first kappa shape index (κ1) is 14.5. The Morgan fingerprint density at radius 3 is 2.53 bits per heavy atom. The summed E-state index contributed by atoms with van der Waals surface area (Å²) in [6.45, 7) is 0. The zero-order valence-electron chi connectivity index (χ0n) is 11.7. The molecule has 106 valence electrons. The summed E-state index contributed by atoms with van der Waals surface area (Å²) in [6, 6.07) is 6.07. The molecule has 1 unspecified atom stereocenters. The Bertz CT molecular complexity index is 405. The van der Waals surface area contributed by atoms with E-state index < -0.39 is 0 Å². The fourth-order valence-corrected chi connectivity index (χ4v) is 3.76. The van der Waals surface area contributed by atoms with Crippen LogP contribution in [0.4, 0.5) is 0 Å². The zero-order chi connectivity index (χ0) is 13.7. The molecule has 4 heteroatoms. The fraction of sp³-hybridized carbons (Fsp3) is 0.600. The lowest BCUT2D eigenvalue weighted by Crippen LogP contribution is -2.18. The highest BCUT2D eigenvalue weighted by Crippen LogP contribution is 2.33. The second-order valence-corrected chi connectivity index (χ2v) is 6.24. The molecule has 0 aromatic heterocycles. The molecule has 2 rings (SSSR count). The van der Waals surface area contributed by atoms with E-state index in [1.165, 1.54) is 24.3 Å². The van der Waals surface area contributed by atoms with Gasteiger partial charge in [-0.25, -0.2) is 0 Å². The first-order valence-electron chi connectivity index (χ1n) is 6.80. The van der Waals surface area contributed by atoms with E-state index in [2.05, 4.69) is 11.8 Å². The molecular weight excluding hydrogens is 258 g/mol. The molecule has 0 saturated carbocycles. The second-order valence-electron chi connectivity index (χ2n) is 5.01. The van der Waals surface area contributed by atoms with Crippen molar-refractivity contribution in [2.75, 3.05) is 25.7 Å². The van der Waals surface area contributed by atoms with Gasteiger partial charge >= 0.3 is 0 Å². The van der Waals surface area contributed by atoms with Gasteiger partial charge < -0.3 is 15.2 Å². The summed E-state index contributed by atoms with van der Waals surface area (Å²) in [5, 5.41) is 0. The minimum atomic E-state index is 0.0907. The number of benzene rings is 1. The molecule has 1 saturated heterocycles.